The Morgan fingerprint density at radius 3 is 2.67 bits per heavy atom. The Kier molecular flexibility index (Phi) is 2.83. The van der Waals surface area contributed by atoms with E-state index in [0.29, 0.717) is 5.75 Å². The van der Waals surface area contributed by atoms with Gasteiger partial charge in [0.1, 0.15) is 17.1 Å². The second-order valence-electron chi connectivity index (χ2n) is 2.56. The summed E-state index contributed by atoms with van der Waals surface area (Å²) in [5, 5.41) is 0. The molecular weight excluding hydrogens is 176 g/mol. The summed E-state index contributed by atoms with van der Waals surface area (Å²) < 4.78 is 25.0. The number of hydrogen-bond acceptors (Lipinski definition) is 3. The van der Waals surface area contributed by atoms with Crippen LogP contribution in [0, 0.1) is 13.8 Å². The summed E-state index contributed by atoms with van der Waals surface area (Å²) in [4.78, 5) is 0. The second-order valence-corrected chi connectivity index (χ2v) is 3.13. The van der Waals surface area contributed by atoms with Crippen LogP contribution in [-0.2, 0) is 11.4 Å². The Hall–Kier alpha value is -0.870. The highest BCUT2D eigenvalue weighted by molar-refractivity contribution is 7.74. The molecule has 0 saturated carbocycles. The molecule has 1 aromatic rings. The van der Waals surface area contributed by atoms with Crippen LogP contribution in [0.4, 0.5) is 0 Å². The van der Waals surface area contributed by atoms with Gasteiger partial charge in [-0.05, 0) is 31.0 Å². The Bertz CT molecular complexity index is 309. The van der Waals surface area contributed by atoms with Crippen LogP contribution in [0.3, 0.4) is 0 Å². The Morgan fingerprint density at radius 1 is 1.42 bits per heavy atom. The maximum absolute atomic E-state index is 10.2. The average Bonchev–Trinajstić information content (AvgIpc) is 1.96. The first-order chi connectivity index (χ1) is 5.59. The summed E-state index contributed by atoms with van der Waals surface area (Å²) in [5.41, 5.74) is 1.78. The molecule has 66 valence electrons. The molecule has 1 rings (SSSR count). The monoisotopic (exact) mass is 185 g/mol. The quantitative estimate of drug-likeness (QED) is 0.655. The normalized spacial score (nSPS) is 12.6. The molecule has 0 aromatic heterocycles. The van der Waals surface area contributed by atoms with Gasteiger partial charge in [-0.3, -0.25) is 0 Å². The van der Waals surface area contributed by atoms with Crippen molar-refractivity contribution in [3.8, 4) is 5.75 Å². The van der Waals surface area contributed by atoms with Crippen molar-refractivity contribution >= 4 is 11.4 Å². The molecule has 4 heteroatoms. The lowest BCUT2D eigenvalue weighted by atomic mass is 10.1. The van der Waals surface area contributed by atoms with Crippen LogP contribution >= 0.6 is 0 Å². The fourth-order valence-electron chi connectivity index (χ4n) is 0.870. The standard InChI is InChI=1S/C8H10O3S/c1-6-3-4-7(2)8(5-6)11-12(9)10/h3-5H,1-2H3,(H,9,10)/p-1. The molecule has 0 aliphatic carbocycles. The maximum Gasteiger partial charge on any atom is 0.142 e. The van der Waals surface area contributed by atoms with Crippen molar-refractivity contribution in [2.45, 2.75) is 13.8 Å². The minimum absolute atomic E-state index is 0.392. The summed E-state index contributed by atoms with van der Waals surface area (Å²) in [7, 11) is 0. The van der Waals surface area contributed by atoms with Crippen molar-refractivity contribution < 1.29 is 12.9 Å². The van der Waals surface area contributed by atoms with Crippen LogP contribution in [0.1, 0.15) is 11.1 Å². The fraction of sp³-hybridized carbons (Fsp3) is 0.250. The average molecular weight is 185 g/mol. The van der Waals surface area contributed by atoms with Crippen molar-refractivity contribution in [1.82, 2.24) is 0 Å². The van der Waals surface area contributed by atoms with E-state index in [0.717, 1.165) is 11.1 Å². The zero-order valence-corrected chi connectivity index (χ0v) is 7.68. The van der Waals surface area contributed by atoms with Crippen LogP contribution in [0.15, 0.2) is 18.2 Å². The first kappa shape index (κ1) is 9.22. The van der Waals surface area contributed by atoms with Crippen molar-refractivity contribution in [2.24, 2.45) is 0 Å². The second kappa shape index (κ2) is 3.69. The molecule has 0 fully saturated rings. The third-order valence-electron chi connectivity index (χ3n) is 1.50. The highest BCUT2D eigenvalue weighted by Crippen LogP contribution is 2.19. The minimum Gasteiger partial charge on any atom is -0.740 e. The van der Waals surface area contributed by atoms with Gasteiger partial charge < -0.3 is 8.74 Å². The topological polar surface area (TPSA) is 49.4 Å². The zero-order valence-electron chi connectivity index (χ0n) is 6.87. The van der Waals surface area contributed by atoms with Gasteiger partial charge in [0.05, 0.1) is 0 Å². The molecule has 0 bridgehead atoms. The van der Waals surface area contributed by atoms with E-state index in [1.54, 1.807) is 13.0 Å². The summed E-state index contributed by atoms with van der Waals surface area (Å²) in [5.74, 6) is 0.392. The van der Waals surface area contributed by atoms with Crippen molar-refractivity contribution in [3.05, 3.63) is 29.3 Å². The van der Waals surface area contributed by atoms with E-state index in [-0.39, 0.29) is 0 Å². The predicted octanol–water partition coefficient (Wildman–Crippen LogP) is 1.48. The van der Waals surface area contributed by atoms with E-state index >= 15 is 0 Å². The van der Waals surface area contributed by atoms with Crippen LogP contribution < -0.4 is 4.18 Å². The molecule has 0 aliphatic rings. The first-order valence-corrected chi connectivity index (χ1v) is 4.44. The fourth-order valence-corrected chi connectivity index (χ4v) is 1.20. The van der Waals surface area contributed by atoms with Gasteiger partial charge in [0.15, 0.2) is 0 Å². The lowest BCUT2D eigenvalue weighted by molar-refractivity contribution is 0.439. The van der Waals surface area contributed by atoms with E-state index in [4.69, 9.17) is 0 Å². The number of hydrogen-bond donors (Lipinski definition) is 0. The third-order valence-corrected chi connectivity index (χ3v) is 1.82. The van der Waals surface area contributed by atoms with E-state index in [1.807, 2.05) is 19.1 Å². The zero-order chi connectivity index (χ0) is 9.14. The molecule has 0 saturated heterocycles. The van der Waals surface area contributed by atoms with Gasteiger partial charge in [0, 0.05) is 0 Å². The van der Waals surface area contributed by atoms with Gasteiger partial charge in [0.25, 0.3) is 0 Å². The third kappa shape index (κ3) is 2.32. The molecule has 0 radical (unpaired) electrons. The van der Waals surface area contributed by atoms with Crippen molar-refractivity contribution in [3.63, 3.8) is 0 Å². The molecule has 0 spiro atoms. The van der Waals surface area contributed by atoms with E-state index < -0.39 is 11.4 Å². The molecule has 1 aromatic carbocycles. The van der Waals surface area contributed by atoms with Crippen molar-refractivity contribution in [1.29, 1.82) is 0 Å². The largest absolute Gasteiger partial charge is 0.740 e. The van der Waals surface area contributed by atoms with Gasteiger partial charge in [-0.1, -0.05) is 12.1 Å². The molecule has 0 N–H and O–H groups in total. The van der Waals surface area contributed by atoms with Gasteiger partial charge in [0.2, 0.25) is 0 Å². The summed E-state index contributed by atoms with van der Waals surface area (Å²) in [6, 6.07) is 5.40. The van der Waals surface area contributed by atoms with Gasteiger partial charge in [-0.25, -0.2) is 4.21 Å². The van der Waals surface area contributed by atoms with Gasteiger partial charge in [-0.2, -0.15) is 0 Å². The van der Waals surface area contributed by atoms with Crippen LogP contribution in [0.25, 0.3) is 0 Å². The molecule has 0 heterocycles. The molecule has 12 heavy (non-hydrogen) atoms. The van der Waals surface area contributed by atoms with Crippen LogP contribution in [0.5, 0.6) is 5.75 Å². The molecule has 0 amide bonds. The van der Waals surface area contributed by atoms with E-state index in [2.05, 4.69) is 4.18 Å². The smallest absolute Gasteiger partial charge is 0.142 e. The number of aryl methyl sites for hydroxylation is 2. The highest BCUT2D eigenvalue weighted by atomic mass is 32.2. The first-order valence-electron chi connectivity index (χ1n) is 3.44. The lowest BCUT2D eigenvalue weighted by Crippen LogP contribution is -1.99. The predicted molar refractivity (Wildman–Crippen MR) is 45.5 cm³/mol. The Labute approximate surface area is 73.9 Å². The Morgan fingerprint density at radius 2 is 2.08 bits per heavy atom. The molecular formula is C8H9O3S-. The van der Waals surface area contributed by atoms with E-state index in [1.165, 1.54) is 0 Å². The summed E-state index contributed by atoms with van der Waals surface area (Å²) >= 11 is -2.49. The number of benzene rings is 1. The molecule has 1 unspecified atom stereocenters. The summed E-state index contributed by atoms with van der Waals surface area (Å²) in [6.45, 7) is 3.67. The minimum atomic E-state index is -2.49. The molecule has 3 nitrogen and oxygen atoms in total. The maximum atomic E-state index is 10.2. The van der Waals surface area contributed by atoms with Crippen LogP contribution in [-0.4, -0.2) is 8.76 Å². The lowest BCUT2D eigenvalue weighted by Gasteiger charge is -2.09. The molecule has 0 aliphatic heterocycles. The number of rotatable bonds is 2. The Balaban J connectivity index is 2.97. The highest BCUT2D eigenvalue weighted by Gasteiger charge is 1.98. The van der Waals surface area contributed by atoms with Crippen LogP contribution in [0.2, 0.25) is 0 Å². The summed E-state index contributed by atoms with van der Waals surface area (Å²) in [6.07, 6.45) is 0. The molecule has 1 atom stereocenters. The van der Waals surface area contributed by atoms with Gasteiger partial charge in [-0.15, -0.1) is 0 Å². The van der Waals surface area contributed by atoms with E-state index in [9.17, 15) is 8.76 Å². The van der Waals surface area contributed by atoms with Gasteiger partial charge >= 0.3 is 0 Å². The SMILES string of the molecule is Cc1ccc(C)c(OS(=O)[O-])c1. The van der Waals surface area contributed by atoms with Crippen molar-refractivity contribution in [2.75, 3.05) is 0 Å².